The summed E-state index contributed by atoms with van der Waals surface area (Å²) in [7, 11) is 1.64. The molecule has 0 radical (unpaired) electrons. The fraction of sp³-hybridized carbons (Fsp3) is 0.619. The summed E-state index contributed by atoms with van der Waals surface area (Å²) < 4.78 is 5.23. The van der Waals surface area contributed by atoms with Crippen molar-refractivity contribution in [1.29, 1.82) is 0 Å². The van der Waals surface area contributed by atoms with E-state index in [9.17, 15) is 14.7 Å². The quantitative estimate of drug-likeness (QED) is 0.868. The van der Waals surface area contributed by atoms with Gasteiger partial charge in [-0.05, 0) is 37.0 Å². The first-order valence-electron chi connectivity index (χ1n) is 9.74. The fourth-order valence-electron chi connectivity index (χ4n) is 4.95. The van der Waals surface area contributed by atoms with Crippen LogP contribution in [-0.2, 0) is 15.0 Å². The molecule has 146 valence electrons. The van der Waals surface area contributed by atoms with Gasteiger partial charge in [0.15, 0.2) is 0 Å². The van der Waals surface area contributed by atoms with Gasteiger partial charge in [-0.3, -0.25) is 9.59 Å². The first-order chi connectivity index (χ1) is 12.9. The number of hydrogen-bond acceptors (Lipinski definition) is 4. The van der Waals surface area contributed by atoms with Crippen LogP contribution in [0.4, 0.5) is 0 Å². The van der Waals surface area contributed by atoms with Crippen LogP contribution in [0.15, 0.2) is 24.3 Å². The van der Waals surface area contributed by atoms with Gasteiger partial charge in [0.2, 0.25) is 11.8 Å². The van der Waals surface area contributed by atoms with Gasteiger partial charge in [0.25, 0.3) is 0 Å². The zero-order chi connectivity index (χ0) is 19.2. The monoisotopic (exact) mass is 372 g/mol. The molecule has 27 heavy (non-hydrogen) atoms. The van der Waals surface area contributed by atoms with Crippen LogP contribution < -0.4 is 4.74 Å². The average Bonchev–Trinajstić information content (AvgIpc) is 3.41. The van der Waals surface area contributed by atoms with Gasteiger partial charge in [-0.1, -0.05) is 12.1 Å². The number of piperidine rings is 1. The van der Waals surface area contributed by atoms with Crippen molar-refractivity contribution in [1.82, 2.24) is 9.80 Å². The molecule has 1 N–H and O–H groups in total. The van der Waals surface area contributed by atoms with E-state index in [0.29, 0.717) is 26.2 Å². The van der Waals surface area contributed by atoms with E-state index in [1.807, 2.05) is 34.1 Å². The Kier molecular flexibility index (Phi) is 4.41. The molecule has 1 aliphatic carbocycles. The first kappa shape index (κ1) is 18.3. The molecule has 0 spiro atoms. The highest BCUT2D eigenvalue weighted by Gasteiger charge is 2.57. The topological polar surface area (TPSA) is 70.1 Å². The molecule has 1 saturated carbocycles. The third kappa shape index (κ3) is 2.90. The number of fused-ring (bicyclic) bond motifs is 1. The number of hydrogen-bond donors (Lipinski definition) is 1. The second-order valence-corrected chi connectivity index (χ2v) is 8.43. The Bertz CT molecular complexity index is 743. The Labute approximate surface area is 160 Å². The number of nitrogens with zero attached hydrogens (tertiary/aromatic N) is 2. The lowest BCUT2D eigenvalue weighted by Crippen LogP contribution is -2.50. The Hall–Kier alpha value is -2.08. The minimum Gasteiger partial charge on any atom is -0.497 e. The third-order valence-electron chi connectivity index (χ3n) is 6.98. The molecular weight excluding hydrogens is 344 g/mol. The summed E-state index contributed by atoms with van der Waals surface area (Å²) >= 11 is 0. The molecule has 0 bridgehead atoms. The van der Waals surface area contributed by atoms with E-state index in [-0.39, 0.29) is 29.8 Å². The Morgan fingerprint density at radius 3 is 2.37 bits per heavy atom. The van der Waals surface area contributed by atoms with Gasteiger partial charge >= 0.3 is 0 Å². The van der Waals surface area contributed by atoms with Crippen LogP contribution in [0.2, 0.25) is 0 Å². The number of benzene rings is 1. The SMILES string of the molecule is COc1ccc(C2(C(=O)N3C[C@H]4CN(C(C)=O)CC[C@@]4(CO)C3)CC2)cc1. The Balaban J connectivity index is 1.53. The molecule has 0 unspecified atom stereocenters. The van der Waals surface area contributed by atoms with Gasteiger partial charge in [0.1, 0.15) is 5.75 Å². The fourth-order valence-corrected chi connectivity index (χ4v) is 4.95. The number of carbonyl (C=O) groups is 2. The van der Waals surface area contributed by atoms with Crippen LogP contribution in [-0.4, -0.2) is 66.6 Å². The first-order valence-corrected chi connectivity index (χ1v) is 9.74. The van der Waals surface area contributed by atoms with Gasteiger partial charge < -0.3 is 19.6 Å². The molecule has 1 aromatic rings. The van der Waals surface area contributed by atoms with E-state index in [1.54, 1.807) is 14.0 Å². The minimum atomic E-state index is -0.420. The molecule has 0 aromatic heterocycles. The number of amides is 2. The molecule has 1 aromatic carbocycles. The predicted octanol–water partition coefficient (Wildman–Crippen LogP) is 1.42. The summed E-state index contributed by atoms with van der Waals surface area (Å²) in [5.74, 6) is 1.18. The molecule has 2 saturated heterocycles. The van der Waals surface area contributed by atoms with Crippen molar-refractivity contribution in [3.8, 4) is 5.75 Å². The number of likely N-dealkylation sites (tertiary alicyclic amines) is 2. The summed E-state index contributed by atoms with van der Waals surface area (Å²) in [5.41, 5.74) is 0.362. The van der Waals surface area contributed by atoms with Crippen molar-refractivity contribution in [2.24, 2.45) is 11.3 Å². The second-order valence-electron chi connectivity index (χ2n) is 8.43. The van der Waals surface area contributed by atoms with Gasteiger partial charge in [-0.2, -0.15) is 0 Å². The van der Waals surface area contributed by atoms with Crippen molar-refractivity contribution in [2.75, 3.05) is 39.9 Å². The van der Waals surface area contributed by atoms with Gasteiger partial charge in [0, 0.05) is 44.4 Å². The highest BCUT2D eigenvalue weighted by molar-refractivity contribution is 5.91. The predicted molar refractivity (Wildman–Crippen MR) is 100 cm³/mol. The smallest absolute Gasteiger partial charge is 0.233 e. The number of ether oxygens (including phenoxy) is 1. The molecule has 3 aliphatic rings. The highest BCUT2D eigenvalue weighted by atomic mass is 16.5. The number of aliphatic hydroxyl groups excluding tert-OH is 1. The lowest BCUT2D eigenvalue weighted by Gasteiger charge is -2.41. The van der Waals surface area contributed by atoms with E-state index in [4.69, 9.17) is 4.74 Å². The molecule has 6 heteroatoms. The Morgan fingerprint density at radius 2 is 1.81 bits per heavy atom. The molecule has 4 rings (SSSR count). The Morgan fingerprint density at radius 1 is 1.15 bits per heavy atom. The summed E-state index contributed by atoms with van der Waals surface area (Å²) in [6, 6.07) is 7.80. The van der Waals surface area contributed by atoms with Gasteiger partial charge in [-0.15, -0.1) is 0 Å². The van der Waals surface area contributed by atoms with Crippen molar-refractivity contribution in [2.45, 2.75) is 31.6 Å². The van der Waals surface area contributed by atoms with Crippen molar-refractivity contribution >= 4 is 11.8 Å². The lowest BCUT2D eigenvalue weighted by molar-refractivity contribution is -0.134. The van der Waals surface area contributed by atoms with Crippen LogP contribution in [0.1, 0.15) is 31.7 Å². The minimum absolute atomic E-state index is 0.0722. The van der Waals surface area contributed by atoms with Crippen molar-refractivity contribution in [3.05, 3.63) is 29.8 Å². The van der Waals surface area contributed by atoms with E-state index in [2.05, 4.69) is 0 Å². The van der Waals surface area contributed by atoms with E-state index in [0.717, 1.165) is 30.6 Å². The lowest BCUT2D eigenvalue weighted by atomic mass is 9.73. The molecule has 2 aliphatic heterocycles. The second kappa shape index (κ2) is 6.51. The number of aliphatic hydroxyl groups is 1. The zero-order valence-electron chi connectivity index (χ0n) is 16.1. The van der Waals surface area contributed by atoms with Crippen molar-refractivity contribution < 1.29 is 19.4 Å². The molecule has 2 amide bonds. The van der Waals surface area contributed by atoms with Crippen LogP contribution in [0, 0.1) is 11.3 Å². The van der Waals surface area contributed by atoms with Crippen LogP contribution in [0.25, 0.3) is 0 Å². The average molecular weight is 372 g/mol. The molecule has 2 heterocycles. The number of methoxy groups -OCH3 is 1. The van der Waals surface area contributed by atoms with Crippen LogP contribution >= 0.6 is 0 Å². The van der Waals surface area contributed by atoms with Gasteiger partial charge in [-0.25, -0.2) is 0 Å². The third-order valence-corrected chi connectivity index (χ3v) is 6.98. The largest absolute Gasteiger partial charge is 0.497 e. The molecule has 3 fully saturated rings. The van der Waals surface area contributed by atoms with Crippen LogP contribution in [0.3, 0.4) is 0 Å². The van der Waals surface area contributed by atoms with Gasteiger partial charge in [0.05, 0.1) is 19.1 Å². The number of rotatable bonds is 4. The number of carbonyl (C=O) groups excluding carboxylic acids is 2. The molecule has 2 atom stereocenters. The van der Waals surface area contributed by atoms with E-state index >= 15 is 0 Å². The summed E-state index contributed by atoms with van der Waals surface area (Å²) in [5, 5.41) is 10.1. The van der Waals surface area contributed by atoms with Crippen LogP contribution in [0.5, 0.6) is 5.75 Å². The molecule has 6 nitrogen and oxygen atoms in total. The van der Waals surface area contributed by atoms with E-state index < -0.39 is 5.41 Å². The normalized spacial score (nSPS) is 28.6. The van der Waals surface area contributed by atoms with Crippen molar-refractivity contribution in [3.63, 3.8) is 0 Å². The summed E-state index contributed by atoms with van der Waals surface area (Å²) in [6.07, 6.45) is 2.49. The molecular formula is C21H28N2O4. The maximum atomic E-state index is 13.4. The standard InChI is InChI=1S/C21H28N2O4/c1-15(25)22-10-9-20(14-24)13-23(12-17(20)11-22)19(26)21(7-8-21)16-3-5-18(27-2)6-4-16/h3-6,17,24H,7-14H2,1-2H3/t17-,20+/m1/s1. The summed E-state index contributed by atoms with van der Waals surface area (Å²) in [6.45, 7) is 4.18. The zero-order valence-corrected chi connectivity index (χ0v) is 16.1. The van der Waals surface area contributed by atoms with E-state index in [1.165, 1.54) is 0 Å². The maximum absolute atomic E-state index is 13.4. The summed E-state index contributed by atoms with van der Waals surface area (Å²) in [4.78, 5) is 29.0. The maximum Gasteiger partial charge on any atom is 0.233 e. The highest BCUT2D eigenvalue weighted by Crippen LogP contribution is 2.52.